The van der Waals surface area contributed by atoms with Crippen LogP contribution in [0.25, 0.3) is 0 Å². The Morgan fingerprint density at radius 2 is 2.33 bits per heavy atom. The largest absolute Gasteiger partial charge is 0.278 e. The second-order valence-electron chi connectivity index (χ2n) is 3.01. The lowest BCUT2D eigenvalue weighted by molar-refractivity contribution is -0.0757. The van der Waals surface area contributed by atoms with Crippen LogP contribution in [-0.2, 0) is 11.3 Å². The SMILES string of the molecule is CCc1cc(C(=O)N(C)OC)cnc1Cl. The van der Waals surface area contributed by atoms with Crippen molar-refractivity contribution in [1.82, 2.24) is 10.0 Å². The average molecular weight is 229 g/mol. The molecule has 0 aromatic carbocycles. The summed E-state index contributed by atoms with van der Waals surface area (Å²) in [6, 6.07) is 1.73. The van der Waals surface area contributed by atoms with Crippen LogP contribution in [0, 0.1) is 0 Å². The fraction of sp³-hybridized carbons (Fsp3) is 0.400. The molecule has 4 nitrogen and oxygen atoms in total. The van der Waals surface area contributed by atoms with E-state index in [1.54, 1.807) is 13.1 Å². The number of hydrogen-bond acceptors (Lipinski definition) is 3. The van der Waals surface area contributed by atoms with Crippen LogP contribution in [-0.4, -0.2) is 30.1 Å². The Kier molecular flexibility index (Phi) is 4.05. The number of rotatable bonds is 3. The number of amides is 1. The maximum Gasteiger partial charge on any atom is 0.278 e. The molecule has 0 aliphatic rings. The van der Waals surface area contributed by atoms with Gasteiger partial charge in [-0.1, -0.05) is 18.5 Å². The number of pyridine rings is 1. The lowest BCUT2D eigenvalue weighted by Gasteiger charge is -2.13. The highest BCUT2D eigenvalue weighted by Gasteiger charge is 2.13. The van der Waals surface area contributed by atoms with Gasteiger partial charge in [0.2, 0.25) is 0 Å². The van der Waals surface area contributed by atoms with Crippen molar-refractivity contribution in [2.24, 2.45) is 0 Å². The van der Waals surface area contributed by atoms with E-state index in [2.05, 4.69) is 4.98 Å². The molecule has 5 heteroatoms. The van der Waals surface area contributed by atoms with Crippen LogP contribution in [0.4, 0.5) is 0 Å². The van der Waals surface area contributed by atoms with Gasteiger partial charge in [0, 0.05) is 13.2 Å². The summed E-state index contributed by atoms with van der Waals surface area (Å²) < 4.78 is 0. The minimum atomic E-state index is -0.239. The second-order valence-corrected chi connectivity index (χ2v) is 3.37. The minimum absolute atomic E-state index is 0.239. The van der Waals surface area contributed by atoms with Crippen LogP contribution >= 0.6 is 11.6 Å². The lowest BCUT2D eigenvalue weighted by Crippen LogP contribution is -2.25. The number of nitrogens with zero attached hydrogens (tertiary/aromatic N) is 2. The molecular formula is C10H13ClN2O2. The lowest BCUT2D eigenvalue weighted by atomic mass is 10.1. The fourth-order valence-corrected chi connectivity index (χ4v) is 1.36. The molecular weight excluding hydrogens is 216 g/mol. The van der Waals surface area contributed by atoms with Crippen molar-refractivity contribution < 1.29 is 9.63 Å². The van der Waals surface area contributed by atoms with Crippen LogP contribution in [0.15, 0.2) is 12.3 Å². The first-order valence-electron chi connectivity index (χ1n) is 4.56. The van der Waals surface area contributed by atoms with Crippen molar-refractivity contribution in [2.75, 3.05) is 14.2 Å². The Bertz CT molecular complexity index is 368. The Balaban J connectivity index is 3.01. The molecule has 0 saturated carbocycles. The van der Waals surface area contributed by atoms with Gasteiger partial charge in [0.1, 0.15) is 5.15 Å². The molecule has 0 radical (unpaired) electrons. The third kappa shape index (κ3) is 2.67. The summed E-state index contributed by atoms with van der Waals surface area (Å²) in [7, 11) is 2.98. The third-order valence-electron chi connectivity index (χ3n) is 2.10. The summed E-state index contributed by atoms with van der Waals surface area (Å²) in [6.07, 6.45) is 2.18. The van der Waals surface area contributed by atoms with Gasteiger partial charge in [-0.3, -0.25) is 9.63 Å². The number of aryl methyl sites for hydroxylation is 1. The van der Waals surface area contributed by atoms with Gasteiger partial charge in [0.15, 0.2) is 0 Å². The van der Waals surface area contributed by atoms with Gasteiger partial charge in [-0.2, -0.15) is 0 Å². The van der Waals surface area contributed by atoms with Crippen LogP contribution in [0.5, 0.6) is 0 Å². The van der Waals surface area contributed by atoms with Gasteiger partial charge in [0.05, 0.1) is 12.7 Å². The summed E-state index contributed by atoms with van der Waals surface area (Å²) in [5, 5.41) is 1.58. The van der Waals surface area contributed by atoms with Crippen molar-refractivity contribution in [3.8, 4) is 0 Å². The molecule has 0 bridgehead atoms. The summed E-state index contributed by atoms with van der Waals surface area (Å²) in [5.74, 6) is -0.239. The van der Waals surface area contributed by atoms with Gasteiger partial charge >= 0.3 is 0 Å². The Hall–Kier alpha value is -1.13. The molecule has 1 aromatic heterocycles. The van der Waals surface area contributed by atoms with Gasteiger partial charge in [-0.25, -0.2) is 10.0 Å². The molecule has 0 aliphatic heterocycles. The van der Waals surface area contributed by atoms with Gasteiger partial charge < -0.3 is 0 Å². The Morgan fingerprint density at radius 1 is 1.67 bits per heavy atom. The number of aromatic nitrogens is 1. The maximum absolute atomic E-state index is 11.7. The minimum Gasteiger partial charge on any atom is -0.274 e. The Labute approximate surface area is 93.8 Å². The van der Waals surface area contributed by atoms with E-state index in [1.165, 1.54) is 13.3 Å². The maximum atomic E-state index is 11.7. The third-order valence-corrected chi connectivity index (χ3v) is 2.44. The first kappa shape index (κ1) is 11.9. The number of hydroxylamine groups is 2. The first-order valence-corrected chi connectivity index (χ1v) is 4.94. The van der Waals surface area contributed by atoms with E-state index in [0.717, 1.165) is 17.0 Å². The number of hydrogen-bond donors (Lipinski definition) is 0. The highest BCUT2D eigenvalue weighted by molar-refractivity contribution is 6.30. The van der Waals surface area contributed by atoms with Crippen LogP contribution in [0.3, 0.4) is 0 Å². The zero-order chi connectivity index (χ0) is 11.4. The van der Waals surface area contributed by atoms with Crippen molar-refractivity contribution in [1.29, 1.82) is 0 Å². The molecule has 1 amide bonds. The number of carbonyl (C=O) groups is 1. The van der Waals surface area contributed by atoms with E-state index in [4.69, 9.17) is 16.4 Å². The van der Waals surface area contributed by atoms with Crippen LogP contribution < -0.4 is 0 Å². The van der Waals surface area contributed by atoms with Crippen molar-refractivity contribution >= 4 is 17.5 Å². The predicted octanol–water partition coefficient (Wildman–Crippen LogP) is 1.93. The monoisotopic (exact) mass is 228 g/mol. The fourth-order valence-electron chi connectivity index (χ4n) is 1.12. The number of halogens is 1. The van der Waals surface area contributed by atoms with Crippen LogP contribution in [0.1, 0.15) is 22.8 Å². The molecule has 0 fully saturated rings. The molecule has 82 valence electrons. The summed E-state index contributed by atoms with van der Waals surface area (Å²) in [4.78, 5) is 20.4. The Morgan fingerprint density at radius 3 is 2.87 bits per heavy atom. The molecule has 1 heterocycles. The molecule has 1 rings (SSSR count). The van der Waals surface area contributed by atoms with Gasteiger partial charge in [-0.15, -0.1) is 0 Å². The molecule has 0 aliphatic carbocycles. The van der Waals surface area contributed by atoms with Crippen molar-refractivity contribution in [3.05, 3.63) is 28.5 Å². The highest BCUT2D eigenvalue weighted by atomic mass is 35.5. The molecule has 15 heavy (non-hydrogen) atoms. The molecule has 0 unspecified atom stereocenters. The number of carbonyl (C=O) groups excluding carboxylic acids is 1. The normalized spacial score (nSPS) is 10.1. The van der Waals surface area contributed by atoms with E-state index in [0.29, 0.717) is 10.7 Å². The predicted molar refractivity (Wildman–Crippen MR) is 57.7 cm³/mol. The van der Waals surface area contributed by atoms with E-state index in [-0.39, 0.29) is 5.91 Å². The van der Waals surface area contributed by atoms with Crippen molar-refractivity contribution in [2.45, 2.75) is 13.3 Å². The smallest absolute Gasteiger partial charge is 0.274 e. The van der Waals surface area contributed by atoms with Crippen molar-refractivity contribution in [3.63, 3.8) is 0 Å². The zero-order valence-electron chi connectivity index (χ0n) is 8.95. The second kappa shape index (κ2) is 5.09. The summed E-state index contributed by atoms with van der Waals surface area (Å²) >= 11 is 5.85. The average Bonchev–Trinajstić information content (AvgIpc) is 2.27. The van der Waals surface area contributed by atoms with E-state index in [1.807, 2.05) is 6.92 Å². The van der Waals surface area contributed by atoms with Gasteiger partial charge in [-0.05, 0) is 18.1 Å². The van der Waals surface area contributed by atoms with Gasteiger partial charge in [0.25, 0.3) is 5.91 Å². The van der Waals surface area contributed by atoms with E-state index >= 15 is 0 Å². The molecule has 0 saturated heterocycles. The quantitative estimate of drug-likeness (QED) is 0.587. The highest BCUT2D eigenvalue weighted by Crippen LogP contribution is 2.15. The first-order chi connectivity index (χ1) is 7.10. The van der Waals surface area contributed by atoms with E-state index in [9.17, 15) is 4.79 Å². The summed E-state index contributed by atoms with van der Waals surface area (Å²) in [6.45, 7) is 1.96. The molecule has 0 spiro atoms. The molecule has 1 aromatic rings. The van der Waals surface area contributed by atoms with Crippen LogP contribution in [0.2, 0.25) is 5.15 Å². The zero-order valence-corrected chi connectivity index (χ0v) is 9.71. The van der Waals surface area contributed by atoms with E-state index < -0.39 is 0 Å². The standard InChI is InChI=1S/C10H13ClN2O2/c1-4-7-5-8(6-12-9(7)11)10(14)13(2)15-3/h5-6H,4H2,1-3H3. The summed E-state index contributed by atoms with van der Waals surface area (Å²) in [5.41, 5.74) is 1.33. The topological polar surface area (TPSA) is 42.4 Å². The molecule has 0 atom stereocenters. The molecule has 0 N–H and O–H groups in total.